The van der Waals surface area contributed by atoms with E-state index in [0.29, 0.717) is 13.2 Å². The molecule has 0 saturated carbocycles. The summed E-state index contributed by atoms with van der Waals surface area (Å²) in [6, 6.07) is 18.2. The van der Waals surface area contributed by atoms with Crippen LogP contribution in [0.5, 0.6) is 5.75 Å². The lowest BCUT2D eigenvalue weighted by atomic mass is 10.1. The maximum Gasteiger partial charge on any atom is 0.127 e. The molecule has 3 rings (SSSR count). The molecule has 0 fully saturated rings. The van der Waals surface area contributed by atoms with Crippen LogP contribution in [0.1, 0.15) is 11.3 Å². The molecule has 1 heterocycles. The SMILES string of the molecule is NCc1ncccc1COc1cccc2ccccc12. The maximum atomic E-state index is 5.95. The Morgan fingerprint density at radius 3 is 2.70 bits per heavy atom. The maximum absolute atomic E-state index is 5.95. The number of rotatable bonds is 4. The highest BCUT2D eigenvalue weighted by atomic mass is 16.5. The standard InChI is InChI=1S/C17H16N2O/c18-11-16-14(7-4-10-19-16)12-20-17-9-3-6-13-5-1-2-8-15(13)17/h1-10H,11-12,18H2. The monoisotopic (exact) mass is 264 g/mol. The summed E-state index contributed by atoms with van der Waals surface area (Å²) in [5, 5.41) is 2.29. The van der Waals surface area contributed by atoms with Gasteiger partial charge in [0.05, 0.1) is 5.69 Å². The molecule has 2 N–H and O–H groups in total. The molecule has 20 heavy (non-hydrogen) atoms. The Labute approximate surface area is 118 Å². The molecule has 3 aromatic rings. The van der Waals surface area contributed by atoms with Gasteiger partial charge in [-0.3, -0.25) is 4.98 Å². The molecule has 1 aromatic heterocycles. The number of aromatic nitrogens is 1. The van der Waals surface area contributed by atoms with Crippen molar-refractivity contribution < 1.29 is 4.74 Å². The van der Waals surface area contributed by atoms with Gasteiger partial charge in [-0.1, -0.05) is 42.5 Å². The zero-order chi connectivity index (χ0) is 13.8. The topological polar surface area (TPSA) is 48.1 Å². The molecule has 0 amide bonds. The normalized spacial score (nSPS) is 10.7. The predicted molar refractivity (Wildman–Crippen MR) is 80.4 cm³/mol. The highest BCUT2D eigenvalue weighted by Gasteiger charge is 2.05. The van der Waals surface area contributed by atoms with Gasteiger partial charge in [0.2, 0.25) is 0 Å². The second-order valence-corrected chi connectivity index (χ2v) is 4.58. The summed E-state index contributed by atoms with van der Waals surface area (Å²) in [7, 11) is 0. The van der Waals surface area contributed by atoms with Crippen molar-refractivity contribution in [2.24, 2.45) is 5.73 Å². The summed E-state index contributed by atoms with van der Waals surface area (Å²) in [4.78, 5) is 4.27. The average Bonchev–Trinajstić information content (AvgIpc) is 2.53. The van der Waals surface area contributed by atoms with Gasteiger partial charge in [0.1, 0.15) is 12.4 Å². The van der Waals surface area contributed by atoms with Gasteiger partial charge in [-0.25, -0.2) is 0 Å². The molecule has 0 radical (unpaired) electrons. The van der Waals surface area contributed by atoms with E-state index < -0.39 is 0 Å². The van der Waals surface area contributed by atoms with Crippen LogP contribution in [0.4, 0.5) is 0 Å². The third-order valence-electron chi connectivity index (χ3n) is 3.31. The fourth-order valence-corrected chi connectivity index (χ4v) is 2.26. The van der Waals surface area contributed by atoms with Crippen molar-refractivity contribution in [1.82, 2.24) is 4.98 Å². The van der Waals surface area contributed by atoms with Crippen LogP contribution in [0, 0.1) is 0 Å². The lowest BCUT2D eigenvalue weighted by Gasteiger charge is -2.11. The number of fused-ring (bicyclic) bond motifs is 1. The van der Waals surface area contributed by atoms with Crippen molar-refractivity contribution in [2.45, 2.75) is 13.2 Å². The van der Waals surface area contributed by atoms with E-state index in [4.69, 9.17) is 10.5 Å². The molecule has 0 aliphatic carbocycles. The average molecular weight is 264 g/mol. The highest BCUT2D eigenvalue weighted by molar-refractivity contribution is 5.88. The van der Waals surface area contributed by atoms with Crippen molar-refractivity contribution in [3.63, 3.8) is 0 Å². The fraction of sp³-hybridized carbons (Fsp3) is 0.118. The van der Waals surface area contributed by atoms with Crippen molar-refractivity contribution in [1.29, 1.82) is 0 Å². The van der Waals surface area contributed by atoms with Crippen molar-refractivity contribution in [3.05, 3.63) is 72.1 Å². The molecule has 0 saturated heterocycles. The second kappa shape index (κ2) is 5.72. The molecule has 0 unspecified atom stereocenters. The van der Waals surface area contributed by atoms with Crippen molar-refractivity contribution in [2.75, 3.05) is 0 Å². The van der Waals surface area contributed by atoms with E-state index in [9.17, 15) is 0 Å². The van der Waals surface area contributed by atoms with Gasteiger partial charge in [0, 0.05) is 23.7 Å². The van der Waals surface area contributed by atoms with E-state index in [1.54, 1.807) is 6.20 Å². The summed E-state index contributed by atoms with van der Waals surface area (Å²) in [5.41, 5.74) is 7.60. The summed E-state index contributed by atoms with van der Waals surface area (Å²) in [6.07, 6.45) is 1.75. The van der Waals surface area contributed by atoms with E-state index in [0.717, 1.165) is 22.4 Å². The van der Waals surface area contributed by atoms with Gasteiger partial charge in [0.25, 0.3) is 0 Å². The predicted octanol–water partition coefficient (Wildman–Crippen LogP) is 3.27. The molecular formula is C17H16N2O. The van der Waals surface area contributed by atoms with Crippen LogP contribution in [0.2, 0.25) is 0 Å². The summed E-state index contributed by atoms with van der Waals surface area (Å²) in [5.74, 6) is 0.884. The number of nitrogens with zero attached hydrogens (tertiary/aromatic N) is 1. The third-order valence-corrected chi connectivity index (χ3v) is 3.31. The number of hydrogen-bond acceptors (Lipinski definition) is 3. The molecular weight excluding hydrogens is 248 g/mol. The van der Waals surface area contributed by atoms with Crippen molar-refractivity contribution in [3.8, 4) is 5.75 Å². The van der Waals surface area contributed by atoms with E-state index in [-0.39, 0.29) is 0 Å². The minimum atomic E-state index is 0.426. The van der Waals surface area contributed by atoms with Gasteiger partial charge in [-0.05, 0) is 17.5 Å². The van der Waals surface area contributed by atoms with E-state index in [1.807, 2.05) is 36.4 Å². The Hall–Kier alpha value is -2.39. The summed E-state index contributed by atoms with van der Waals surface area (Å²) in [6.45, 7) is 0.906. The fourth-order valence-electron chi connectivity index (χ4n) is 2.26. The van der Waals surface area contributed by atoms with Crippen molar-refractivity contribution >= 4 is 10.8 Å². The number of nitrogens with two attached hydrogens (primary N) is 1. The summed E-state index contributed by atoms with van der Waals surface area (Å²) < 4.78 is 5.95. The van der Waals surface area contributed by atoms with E-state index >= 15 is 0 Å². The van der Waals surface area contributed by atoms with Gasteiger partial charge in [-0.2, -0.15) is 0 Å². The lowest BCUT2D eigenvalue weighted by Crippen LogP contribution is -2.06. The van der Waals surface area contributed by atoms with Crippen LogP contribution < -0.4 is 10.5 Å². The third kappa shape index (κ3) is 2.49. The Balaban J connectivity index is 1.87. The first kappa shape index (κ1) is 12.6. The Morgan fingerprint density at radius 1 is 0.950 bits per heavy atom. The minimum Gasteiger partial charge on any atom is -0.488 e. The molecule has 0 spiro atoms. The molecule has 0 aliphatic heterocycles. The minimum absolute atomic E-state index is 0.426. The second-order valence-electron chi connectivity index (χ2n) is 4.58. The quantitative estimate of drug-likeness (QED) is 0.786. The first-order valence-corrected chi connectivity index (χ1v) is 6.62. The van der Waals surface area contributed by atoms with Crippen LogP contribution in [-0.2, 0) is 13.2 Å². The number of hydrogen-bond donors (Lipinski definition) is 1. The van der Waals surface area contributed by atoms with Crippen LogP contribution >= 0.6 is 0 Å². The Kier molecular flexibility index (Phi) is 3.61. The van der Waals surface area contributed by atoms with E-state index in [1.165, 1.54) is 5.39 Å². The largest absolute Gasteiger partial charge is 0.488 e. The van der Waals surface area contributed by atoms with Gasteiger partial charge in [0.15, 0.2) is 0 Å². The first-order chi connectivity index (χ1) is 9.88. The van der Waals surface area contributed by atoms with E-state index in [2.05, 4.69) is 23.2 Å². The zero-order valence-electron chi connectivity index (χ0n) is 11.1. The Morgan fingerprint density at radius 2 is 1.80 bits per heavy atom. The summed E-state index contributed by atoms with van der Waals surface area (Å²) >= 11 is 0. The number of pyridine rings is 1. The van der Waals surface area contributed by atoms with Gasteiger partial charge >= 0.3 is 0 Å². The number of benzene rings is 2. The molecule has 0 atom stereocenters. The zero-order valence-corrected chi connectivity index (χ0v) is 11.1. The first-order valence-electron chi connectivity index (χ1n) is 6.62. The molecule has 0 aliphatic rings. The molecule has 3 nitrogen and oxygen atoms in total. The van der Waals surface area contributed by atoms with Gasteiger partial charge < -0.3 is 10.5 Å². The van der Waals surface area contributed by atoms with Crippen LogP contribution in [0.25, 0.3) is 10.8 Å². The number of ether oxygens (including phenoxy) is 1. The van der Waals surface area contributed by atoms with Crippen LogP contribution in [0.3, 0.4) is 0 Å². The van der Waals surface area contributed by atoms with Gasteiger partial charge in [-0.15, -0.1) is 0 Å². The molecule has 100 valence electrons. The molecule has 3 heteroatoms. The Bertz CT molecular complexity index is 720. The smallest absolute Gasteiger partial charge is 0.127 e. The van der Waals surface area contributed by atoms with Crippen LogP contribution in [0.15, 0.2) is 60.8 Å². The lowest BCUT2D eigenvalue weighted by molar-refractivity contribution is 0.308. The molecule has 2 aromatic carbocycles. The van der Waals surface area contributed by atoms with Crippen LogP contribution in [-0.4, -0.2) is 4.98 Å². The molecule has 0 bridgehead atoms. The highest BCUT2D eigenvalue weighted by Crippen LogP contribution is 2.26.